The number of hydrogen-bond acceptors (Lipinski definition) is 3. The monoisotopic (exact) mass is 158 g/mol. The number of H-pyrrole nitrogens is 1. The normalized spacial score (nSPS) is 7.43. The SMILES string of the molecule is S=c1cn[nH]s1.[H-].[K+]. The van der Waals surface area contributed by atoms with E-state index in [1.165, 1.54) is 11.5 Å². The van der Waals surface area contributed by atoms with Crippen LogP contribution in [0.3, 0.4) is 0 Å². The van der Waals surface area contributed by atoms with E-state index in [0.717, 1.165) is 3.82 Å². The molecule has 0 aliphatic heterocycles. The summed E-state index contributed by atoms with van der Waals surface area (Å²) in [6.45, 7) is 0. The fourth-order valence-corrected chi connectivity index (χ4v) is 0.642. The number of nitrogens with one attached hydrogen (secondary N) is 1. The number of aromatic nitrogens is 2. The van der Waals surface area contributed by atoms with Gasteiger partial charge in [0, 0.05) is 0 Å². The van der Waals surface area contributed by atoms with E-state index in [0.29, 0.717) is 0 Å². The Bertz CT molecular complexity index is 156. The molecule has 1 N–H and O–H groups in total. The van der Waals surface area contributed by atoms with Crippen molar-refractivity contribution in [1.29, 1.82) is 0 Å². The molecule has 34 valence electrons. The van der Waals surface area contributed by atoms with Crippen LogP contribution in [-0.2, 0) is 0 Å². The molecular weight excluding hydrogens is 155 g/mol. The maximum absolute atomic E-state index is 4.67. The fourth-order valence-electron chi connectivity index (χ4n) is 0.177. The number of aromatic amines is 1. The van der Waals surface area contributed by atoms with Crippen molar-refractivity contribution in [2.24, 2.45) is 0 Å². The van der Waals surface area contributed by atoms with Gasteiger partial charge in [-0.2, -0.15) is 5.10 Å². The molecule has 0 aliphatic carbocycles. The third-order valence-electron chi connectivity index (χ3n) is 0.369. The van der Waals surface area contributed by atoms with Gasteiger partial charge in [-0.15, -0.1) is 0 Å². The molecular formula is C2H3KN2S2. The average molecular weight is 158 g/mol. The molecule has 1 aromatic rings. The molecule has 0 fully saturated rings. The Kier molecular flexibility index (Phi) is 5.18. The van der Waals surface area contributed by atoms with Crippen molar-refractivity contribution >= 4 is 23.8 Å². The standard InChI is InChI=1S/C2H2N2S2.K.H/c5-2-1-3-4-6-2;;/h1,4H;;/q;+1;-1. The van der Waals surface area contributed by atoms with E-state index in [-0.39, 0.29) is 52.8 Å². The zero-order valence-electron chi connectivity index (χ0n) is 4.84. The summed E-state index contributed by atoms with van der Waals surface area (Å²) in [7, 11) is 0. The molecule has 0 radical (unpaired) electrons. The minimum Gasteiger partial charge on any atom is -1.00 e. The minimum atomic E-state index is 0. The third-order valence-corrected chi connectivity index (χ3v) is 1.23. The van der Waals surface area contributed by atoms with Crippen LogP contribution in [0.25, 0.3) is 0 Å². The van der Waals surface area contributed by atoms with Crippen LogP contribution >= 0.6 is 23.8 Å². The molecule has 2 nitrogen and oxygen atoms in total. The van der Waals surface area contributed by atoms with E-state index in [4.69, 9.17) is 0 Å². The summed E-state index contributed by atoms with van der Waals surface area (Å²) in [6.07, 6.45) is 1.61. The van der Waals surface area contributed by atoms with Crippen molar-refractivity contribution in [1.82, 2.24) is 9.59 Å². The zero-order chi connectivity index (χ0) is 4.41. The predicted molar refractivity (Wildman–Crippen MR) is 28.4 cm³/mol. The number of nitrogens with zero attached hydrogens (tertiary/aromatic N) is 1. The van der Waals surface area contributed by atoms with Gasteiger partial charge in [0.05, 0.1) is 6.20 Å². The molecule has 0 saturated heterocycles. The van der Waals surface area contributed by atoms with Gasteiger partial charge >= 0.3 is 51.4 Å². The second-order valence-corrected chi connectivity index (χ2v) is 2.30. The first-order chi connectivity index (χ1) is 2.89. The van der Waals surface area contributed by atoms with Gasteiger partial charge in [-0.05, 0) is 11.5 Å². The van der Waals surface area contributed by atoms with Gasteiger partial charge in [-0.1, -0.05) is 12.2 Å². The molecule has 0 amide bonds. The summed E-state index contributed by atoms with van der Waals surface area (Å²) < 4.78 is 3.42. The van der Waals surface area contributed by atoms with Gasteiger partial charge in [0.2, 0.25) is 0 Å². The molecule has 1 heterocycles. The van der Waals surface area contributed by atoms with Crippen LogP contribution in [0, 0.1) is 3.82 Å². The van der Waals surface area contributed by atoms with Crippen molar-refractivity contribution in [2.75, 3.05) is 0 Å². The Balaban J connectivity index is 0. The van der Waals surface area contributed by atoms with Crippen LogP contribution in [0.15, 0.2) is 6.20 Å². The van der Waals surface area contributed by atoms with Gasteiger partial charge in [0.1, 0.15) is 3.82 Å². The Morgan fingerprint density at radius 2 is 2.71 bits per heavy atom. The quantitative estimate of drug-likeness (QED) is 0.361. The molecule has 1 rings (SSSR count). The fraction of sp³-hybridized carbons (Fsp3) is 0. The second-order valence-electron chi connectivity index (χ2n) is 0.771. The predicted octanol–water partition coefficient (Wildman–Crippen LogP) is -1.68. The maximum atomic E-state index is 4.67. The summed E-state index contributed by atoms with van der Waals surface area (Å²) in [5, 5.41) is 3.61. The molecule has 0 saturated carbocycles. The Morgan fingerprint density at radius 3 is 2.86 bits per heavy atom. The minimum absolute atomic E-state index is 0. The van der Waals surface area contributed by atoms with Gasteiger partial charge in [-0.3, -0.25) is 0 Å². The molecule has 1 aromatic heterocycles. The van der Waals surface area contributed by atoms with Crippen molar-refractivity contribution in [3.05, 3.63) is 10.0 Å². The maximum Gasteiger partial charge on any atom is 1.00 e. The average Bonchev–Trinajstić information content (AvgIpc) is 1.86. The van der Waals surface area contributed by atoms with E-state index < -0.39 is 0 Å². The third kappa shape index (κ3) is 3.07. The van der Waals surface area contributed by atoms with Crippen LogP contribution in [-0.4, -0.2) is 9.59 Å². The molecule has 0 unspecified atom stereocenters. The van der Waals surface area contributed by atoms with Crippen molar-refractivity contribution in [3.63, 3.8) is 0 Å². The summed E-state index contributed by atoms with van der Waals surface area (Å²) in [5.41, 5.74) is 0. The second kappa shape index (κ2) is 4.31. The molecule has 7 heavy (non-hydrogen) atoms. The van der Waals surface area contributed by atoms with Crippen LogP contribution in [0.2, 0.25) is 0 Å². The smallest absolute Gasteiger partial charge is 1.00 e. The van der Waals surface area contributed by atoms with Crippen molar-refractivity contribution in [2.45, 2.75) is 0 Å². The summed E-state index contributed by atoms with van der Waals surface area (Å²) in [4.78, 5) is 0. The molecule has 0 aromatic carbocycles. The molecule has 0 spiro atoms. The molecule has 0 bridgehead atoms. The van der Waals surface area contributed by atoms with Gasteiger partial charge < -0.3 is 1.43 Å². The first-order valence-corrected chi connectivity index (χ1v) is 2.61. The summed E-state index contributed by atoms with van der Waals surface area (Å²) in [6, 6.07) is 0. The number of rotatable bonds is 0. The Morgan fingerprint density at radius 1 is 2.00 bits per heavy atom. The topological polar surface area (TPSA) is 28.7 Å². The molecule has 0 aliphatic rings. The Labute approximate surface area is 94.4 Å². The van der Waals surface area contributed by atoms with Crippen molar-refractivity contribution < 1.29 is 52.8 Å². The van der Waals surface area contributed by atoms with E-state index in [9.17, 15) is 0 Å². The Hall–Kier alpha value is 1.42. The van der Waals surface area contributed by atoms with Crippen LogP contribution in [0.4, 0.5) is 0 Å². The largest absolute Gasteiger partial charge is 1.00 e. The number of hydrogen-bond donors (Lipinski definition) is 1. The van der Waals surface area contributed by atoms with Crippen LogP contribution in [0.5, 0.6) is 0 Å². The first-order valence-electron chi connectivity index (χ1n) is 1.38. The van der Waals surface area contributed by atoms with Gasteiger partial charge in [-0.25, -0.2) is 4.49 Å². The van der Waals surface area contributed by atoms with E-state index >= 15 is 0 Å². The zero-order valence-corrected chi connectivity index (χ0v) is 8.60. The first kappa shape index (κ1) is 8.42. The van der Waals surface area contributed by atoms with Gasteiger partial charge in [0.25, 0.3) is 0 Å². The van der Waals surface area contributed by atoms with E-state index in [1.54, 1.807) is 6.20 Å². The van der Waals surface area contributed by atoms with Crippen LogP contribution in [0.1, 0.15) is 1.43 Å². The summed E-state index contributed by atoms with van der Waals surface area (Å²) in [5.74, 6) is 0. The van der Waals surface area contributed by atoms with Crippen molar-refractivity contribution in [3.8, 4) is 0 Å². The van der Waals surface area contributed by atoms with Crippen LogP contribution < -0.4 is 51.4 Å². The molecule has 0 atom stereocenters. The van der Waals surface area contributed by atoms with Gasteiger partial charge in [0.15, 0.2) is 0 Å². The summed E-state index contributed by atoms with van der Waals surface area (Å²) >= 11 is 6.03. The van der Waals surface area contributed by atoms with E-state index in [1.807, 2.05) is 0 Å². The van der Waals surface area contributed by atoms with E-state index in [2.05, 4.69) is 21.8 Å². The molecule has 5 heteroatoms.